The average molecular weight is 450 g/mol. The largest absolute Gasteiger partial charge is 0.423 e. The van der Waals surface area contributed by atoms with Gasteiger partial charge >= 0.3 is 0 Å². The van der Waals surface area contributed by atoms with E-state index in [1.165, 1.54) is 12.1 Å². The van der Waals surface area contributed by atoms with Crippen LogP contribution < -0.4 is 0 Å². The lowest BCUT2D eigenvalue weighted by molar-refractivity contribution is 0.425. The van der Waals surface area contributed by atoms with Crippen molar-refractivity contribution in [1.82, 2.24) is 4.98 Å². The molecule has 1 heterocycles. The first-order chi connectivity index (χ1) is 14.3. The van der Waals surface area contributed by atoms with Crippen molar-refractivity contribution in [1.29, 1.82) is 0 Å². The number of rotatable bonds is 5. The molecule has 6 nitrogen and oxygen atoms in total. The maximum Gasteiger partial charge on any atom is 0.258 e. The smallest absolute Gasteiger partial charge is 0.258 e. The normalized spacial score (nSPS) is 15.9. The van der Waals surface area contributed by atoms with Crippen LogP contribution in [0.5, 0.6) is 0 Å². The quantitative estimate of drug-likeness (QED) is 0.572. The second-order valence-electron chi connectivity index (χ2n) is 7.24. The van der Waals surface area contributed by atoms with E-state index in [1.807, 2.05) is 0 Å². The molecule has 1 saturated carbocycles. The number of halogens is 1. The Hall–Kier alpha value is -2.52. The molecule has 1 aliphatic carbocycles. The molecule has 0 unspecified atom stereocenters. The lowest BCUT2D eigenvalue weighted by Gasteiger charge is -2.20. The van der Waals surface area contributed by atoms with Gasteiger partial charge in [-0.25, -0.2) is 21.2 Å². The fourth-order valence-corrected chi connectivity index (χ4v) is 7.25. The molecule has 30 heavy (non-hydrogen) atoms. The maximum absolute atomic E-state index is 13.7. The van der Waals surface area contributed by atoms with Crippen LogP contribution in [0.2, 0.25) is 0 Å². The first-order valence-electron chi connectivity index (χ1n) is 9.61. The van der Waals surface area contributed by atoms with Crippen molar-refractivity contribution in [2.45, 2.75) is 52.4 Å². The highest BCUT2D eigenvalue weighted by Gasteiger charge is 2.40. The summed E-state index contributed by atoms with van der Waals surface area (Å²) in [4.78, 5) is 3.68. The fourth-order valence-electron chi connectivity index (χ4n) is 3.62. The van der Waals surface area contributed by atoms with Crippen molar-refractivity contribution in [3.63, 3.8) is 0 Å². The molecule has 9 heteroatoms. The number of benzene rings is 2. The van der Waals surface area contributed by atoms with E-state index >= 15 is 0 Å². The van der Waals surface area contributed by atoms with Gasteiger partial charge in [0.05, 0.1) is 10.1 Å². The molecule has 0 amide bonds. The molecule has 1 fully saturated rings. The van der Waals surface area contributed by atoms with E-state index in [0.29, 0.717) is 18.4 Å². The molecule has 158 valence electrons. The van der Waals surface area contributed by atoms with Gasteiger partial charge in [0.25, 0.3) is 5.09 Å². The van der Waals surface area contributed by atoms with Crippen LogP contribution in [0.4, 0.5) is 4.39 Å². The lowest BCUT2D eigenvalue weighted by Crippen LogP contribution is -2.25. The predicted molar refractivity (Wildman–Crippen MR) is 108 cm³/mol. The fraction of sp³-hybridized carbons (Fsp3) is 0.286. The number of hydrogen-bond donors (Lipinski definition) is 0. The zero-order chi connectivity index (χ0) is 21.4. The third-order valence-corrected chi connectivity index (χ3v) is 9.13. The van der Waals surface area contributed by atoms with Crippen LogP contribution in [0.25, 0.3) is 11.5 Å². The minimum atomic E-state index is -4.43. The van der Waals surface area contributed by atoms with Crippen LogP contribution in [0.1, 0.15) is 32.1 Å². The first-order valence-corrected chi connectivity index (χ1v) is 12.6. The Kier molecular flexibility index (Phi) is 5.50. The molecule has 2 aromatic carbocycles. The van der Waals surface area contributed by atoms with E-state index in [2.05, 4.69) is 4.98 Å². The van der Waals surface area contributed by atoms with Gasteiger partial charge in [0.1, 0.15) is 5.82 Å². The van der Waals surface area contributed by atoms with Gasteiger partial charge in [-0.05, 0) is 43.2 Å². The molecule has 0 radical (unpaired) electrons. The number of oxazole rings is 1. The van der Waals surface area contributed by atoms with Crippen LogP contribution in [-0.4, -0.2) is 27.1 Å². The summed E-state index contributed by atoms with van der Waals surface area (Å²) >= 11 is 0. The van der Waals surface area contributed by atoms with E-state index in [4.69, 9.17) is 4.42 Å². The molecule has 0 bridgehead atoms. The van der Waals surface area contributed by atoms with Crippen LogP contribution in [0.3, 0.4) is 0 Å². The zero-order valence-electron chi connectivity index (χ0n) is 16.0. The summed E-state index contributed by atoms with van der Waals surface area (Å²) in [7, 11) is -8.51. The third kappa shape index (κ3) is 3.79. The lowest BCUT2D eigenvalue weighted by atomic mass is 10.0. The number of sulfone groups is 2. The molecule has 0 saturated heterocycles. The van der Waals surface area contributed by atoms with Crippen LogP contribution in [-0.2, 0) is 19.7 Å². The van der Waals surface area contributed by atoms with Crippen molar-refractivity contribution >= 4 is 19.7 Å². The highest BCUT2D eigenvalue weighted by atomic mass is 32.2. The Morgan fingerprint density at radius 1 is 0.900 bits per heavy atom. The third-order valence-electron chi connectivity index (χ3n) is 5.20. The Morgan fingerprint density at radius 2 is 1.60 bits per heavy atom. The molecular formula is C21H20FNO5S2. The SMILES string of the molecule is O=S(=O)(c1cccc(F)c1)c1nc(-c2ccccc2)oc1S(=O)(=O)C1CCCCC1. The van der Waals surface area contributed by atoms with E-state index in [9.17, 15) is 21.2 Å². The van der Waals surface area contributed by atoms with Crippen molar-refractivity contribution < 1.29 is 25.6 Å². The van der Waals surface area contributed by atoms with Crippen molar-refractivity contribution in [2.75, 3.05) is 0 Å². The van der Waals surface area contributed by atoms with Gasteiger partial charge in [-0.2, -0.15) is 4.98 Å². The highest BCUT2D eigenvalue weighted by molar-refractivity contribution is 7.94. The second-order valence-corrected chi connectivity index (χ2v) is 11.2. The molecule has 1 aliphatic rings. The van der Waals surface area contributed by atoms with Crippen molar-refractivity contribution in [2.24, 2.45) is 0 Å². The summed E-state index contributed by atoms with van der Waals surface area (Å²) in [5.74, 6) is -0.862. The second kappa shape index (κ2) is 7.96. The molecule has 0 spiro atoms. The van der Waals surface area contributed by atoms with E-state index in [-0.39, 0.29) is 10.8 Å². The summed E-state index contributed by atoms with van der Waals surface area (Å²) in [6, 6.07) is 12.8. The van der Waals surface area contributed by atoms with Crippen molar-refractivity contribution in [3.8, 4) is 11.5 Å². The summed E-state index contributed by atoms with van der Waals surface area (Å²) < 4.78 is 72.4. The molecule has 4 rings (SSSR count). The van der Waals surface area contributed by atoms with Crippen LogP contribution in [0, 0.1) is 5.82 Å². The molecular weight excluding hydrogens is 429 g/mol. The van der Waals surface area contributed by atoms with Gasteiger partial charge in [-0.15, -0.1) is 0 Å². The predicted octanol–water partition coefficient (Wildman–Crippen LogP) is 4.42. The van der Waals surface area contributed by atoms with Gasteiger partial charge in [-0.1, -0.05) is 43.5 Å². The Morgan fingerprint density at radius 3 is 2.27 bits per heavy atom. The molecule has 1 aromatic heterocycles. The van der Waals surface area contributed by atoms with E-state index in [1.54, 1.807) is 30.3 Å². The van der Waals surface area contributed by atoms with Gasteiger partial charge in [0, 0.05) is 5.56 Å². The van der Waals surface area contributed by atoms with Gasteiger partial charge in [0.15, 0.2) is 0 Å². The topological polar surface area (TPSA) is 94.3 Å². The number of nitrogens with zero attached hydrogens (tertiary/aromatic N) is 1. The molecule has 0 N–H and O–H groups in total. The number of aromatic nitrogens is 1. The zero-order valence-corrected chi connectivity index (χ0v) is 17.6. The summed E-state index contributed by atoms with van der Waals surface area (Å²) in [5, 5.41) is -2.10. The number of hydrogen-bond acceptors (Lipinski definition) is 6. The minimum absolute atomic E-state index is 0.111. The average Bonchev–Trinajstić information content (AvgIpc) is 3.22. The Bertz CT molecular complexity index is 1260. The van der Waals surface area contributed by atoms with Crippen molar-refractivity contribution in [3.05, 3.63) is 60.4 Å². The summed E-state index contributed by atoms with van der Waals surface area (Å²) in [6.45, 7) is 0. The Labute approximate surface area is 174 Å². The van der Waals surface area contributed by atoms with Crippen LogP contribution in [0.15, 0.2) is 74.0 Å². The van der Waals surface area contributed by atoms with Crippen LogP contribution >= 0.6 is 0 Å². The Balaban J connectivity index is 1.91. The monoisotopic (exact) mass is 449 g/mol. The standard InChI is InChI=1S/C21H20FNO5S2/c22-16-10-7-13-18(14-16)29(24,25)20-21(30(26,27)17-11-5-2-6-12-17)28-19(23-20)15-8-3-1-4-9-15/h1,3-4,7-10,13-14,17H,2,5-6,11-12H2. The summed E-state index contributed by atoms with van der Waals surface area (Å²) in [5.41, 5.74) is 0.443. The minimum Gasteiger partial charge on any atom is -0.423 e. The molecule has 0 atom stereocenters. The van der Waals surface area contributed by atoms with Gasteiger partial charge in [-0.3, -0.25) is 0 Å². The first kappa shape index (κ1) is 20.7. The van der Waals surface area contributed by atoms with E-state index < -0.39 is 40.9 Å². The molecule has 3 aromatic rings. The molecule has 0 aliphatic heterocycles. The summed E-state index contributed by atoms with van der Waals surface area (Å²) in [6.07, 6.45) is 3.30. The maximum atomic E-state index is 13.7. The van der Waals surface area contributed by atoms with Gasteiger partial charge in [0.2, 0.25) is 30.6 Å². The van der Waals surface area contributed by atoms with E-state index in [0.717, 1.165) is 31.4 Å². The highest BCUT2D eigenvalue weighted by Crippen LogP contribution is 2.36. The van der Waals surface area contributed by atoms with Gasteiger partial charge < -0.3 is 4.42 Å².